The van der Waals surface area contributed by atoms with Crippen molar-refractivity contribution >= 4 is 0 Å². The summed E-state index contributed by atoms with van der Waals surface area (Å²) in [5, 5.41) is 0. The number of ether oxygens (including phenoxy) is 1. The van der Waals surface area contributed by atoms with Crippen molar-refractivity contribution in [1.29, 1.82) is 0 Å². The highest BCUT2D eigenvalue weighted by Gasteiger charge is 2.19. The van der Waals surface area contributed by atoms with E-state index in [0.717, 1.165) is 12.5 Å². The first-order chi connectivity index (χ1) is 11.9. The molecule has 0 amide bonds. The van der Waals surface area contributed by atoms with Crippen LogP contribution in [0.5, 0.6) is 0 Å². The van der Waals surface area contributed by atoms with Gasteiger partial charge < -0.3 is 9.64 Å². The zero-order valence-corrected chi connectivity index (χ0v) is 14.7. The highest BCUT2D eigenvalue weighted by molar-refractivity contribution is 5.29. The molecule has 2 aromatic carbocycles. The van der Waals surface area contributed by atoms with Crippen LogP contribution in [-0.4, -0.2) is 31.1 Å². The van der Waals surface area contributed by atoms with Gasteiger partial charge in [0.25, 0.3) is 0 Å². The van der Waals surface area contributed by atoms with E-state index in [0.29, 0.717) is 0 Å². The van der Waals surface area contributed by atoms with Crippen LogP contribution >= 0.6 is 0 Å². The molecule has 0 spiro atoms. The summed E-state index contributed by atoms with van der Waals surface area (Å²) in [6, 6.07) is 21.2. The first-order valence-corrected chi connectivity index (χ1v) is 9.30. The van der Waals surface area contributed by atoms with Gasteiger partial charge in [-0.1, -0.05) is 67.6 Å². The van der Waals surface area contributed by atoms with E-state index >= 15 is 0 Å². The van der Waals surface area contributed by atoms with Gasteiger partial charge in [-0.3, -0.25) is 0 Å². The molecule has 0 radical (unpaired) electrons. The quantitative estimate of drug-likeness (QED) is 0.717. The minimum atomic E-state index is 0.0446. The van der Waals surface area contributed by atoms with Crippen LogP contribution in [0, 0.1) is 5.92 Å². The summed E-state index contributed by atoms with van der Waals surface area (Å²) in [5.74, 6) is 0.819. The van der Waals surface area contributed by atoms with Crippen LogP contribution in [-0.2, 0) is 4.74 Å². The van der Waals surface area contributed by atoms with Gasteiger partial charge in [0.2, 0.25) is 0 Å². The summed E-state index contributed by atoms with van der Waals surface area (Å²) in [7, 11) is 0. The van der Waals surface area contributed by atoms with Crippen molar-refractivity contribution in [2.45, 2.75) is 32.3 Å². The van der Waals surface area contributed by atoms with E-state index < -0.39 is 0 Å². The Morgan fingerprint density at radius 2 is 1.46 bits per heavy atom. The molecule has 1 aliphatic heterocycles. The summed E-state index contributed by atoms with van der Waals surface area (Å²) in [6.45, 7) is 6.79. The fourth-order valence-corrected chi connectivity index (χ4v) is 3.58. The number of rotatable bonds is 7. The van der Waals surface area contributed by atoms with Crippen LogP contribution in [0.15, 0.2) is 60.7 Å². The number of hydrogen-bond acceptors (Lipinski definition) is 2. The van der Waals surface area contributed by atoms with Crippen LogP contribution in [0.1, 0.15) is 43.4 Å². The Labute approximate surface area is 146 Å². The standard InChI is InChI=1S/C22H29NO/c1-2-23-16-13-19(14-17-23)15-18-24-22(20-9-5-3-6-10-20)21-11-7-4-8-12-21/h3-12,19,22H,2,13-18H2,1H3. The second kappa shape index (κ2) is 9.00. The maximum atomic E-state index is 6.36. The molecular weight excluding hydrogens is 294 g/mol. The monoisotopic (exact) mass is 323 g/mol. The second-order valence-corrected chi connectivity index (χ2v) is 6.74. The Hall–Kier alpha value is -1.64. The molecular formula is C22H29NO. The Morgan fingerprint density at radius 3 is 1.96 bits per heavy atom. The van der Waals surface area contributed by atoms with Crippen molar-refractivity contribution in [1.82, 2.24) is 4.90 Å². The highest BCUT2D eigenvalue weighted by Crippen LogP contribution is 2.27. The number of hydrogen-bond donors (Lipinski definition) is 0. The number of benzene rings is 2. The van der Waals surface area contributed by atoms with E-state index in [4.69, 9.17) is 4.74 Å². The van der Waals surface area contributed by atoms with Crippen LogP contribution in [0.25, 0.3) is 0 Å². The van der Waals surface area contributed by atoms with Gasteiger partial charge in [0.05, 0.1) is 0 Å². The van der Waals surface area contributed by atoms with Gasteiger partial charge in [-0.2, -0.15) is 0 Å². The zero-order chi connectivity index (χ0) is 16.6. The Kier molecular flexibility index (Phi) is 6.45. The van der Waals surface area contributed by atoms with Gasteiger partial charge in [-0.15, -0.1) is 0 Å². The fourth-order valence-electron chi connectivity index (χ4n) is 3.58. The normalized spacial score (nSPS) is 16.6. The third-order valence-corrected chi connectivity index (χ3v) is 5.17. The van der Waals surface area contributed by atoms with Crippen molar-refractivity contribution in [3.63, 3.8) is 0 Å². The van der Waals surface area contributed by atoms with E-state index in [2.05, 4.69) is 72.5 Å². The average Bonchev–Trinajstić information content (AvgIpc) is 2.67. The molecule has 3 rings (SSSR count). The molecule has 128 valence electrons. The van der Waals surface area contributed by atoms with Crippen LogP contribution in [0.3, 0.4) is 0 Å². The molecule has 0 aliphatic carbocycles. The average molecular weight is 323 g/mol. The lowest BCUT2D eigenvalue weighted by Gasteiger charge is -2.31. The summed E-state index contributed by atoms with van der Waals surface area (Å²) >= 11 is 0. The lowest BCUT2D eigenvalue weighted by atomic mass is 9.94. The third-order valence-electron chi connectivity index (χ3n) is 5.17. The molecule has 0 unspecified atom stereocenters. The Balaban J connectivity index is 1.57. The van der Waals surface area contributed by atoms with Crippen molar-refractivity contribution in [3.05, 3.63) is 71.8 Å². The van der Waals surface area contributed by atoms with Gasteiger partial charge in [0.15, 0.2) is 0 Å². The predicted octanol–water partition coefficient (Wildman–Crippen LogP) is 4.91. The minimum Gasteiger partial charge on any atom is -0.369 e. The van der Waals surface area contributed by atoms with Gasteiger partial charge in [-0.05, 0) is 55.9 Å². The van der Waals surface area contributed by atoms with Crippen molar-refractivity contribution in [2.75, 3.05) is 26.2 Å². The zero-order valence-electron chi connectivity index (χ0n) is 14.7. The SMILES string of the molecule is CCN1CCC(CCOC(c2ccccc2)c2ccccc2)CC1. The minimum absolute atomic E-state index is 0.0446. The van der Waals surface area contributed by atoms with E-state index in [9.17, 15) is 0 Å². The summed E-state index contributed by atoms with van der Waals surface area (Å²) in [6.07, 6.45) is 3.85. The first-order valence-electron chi connectivity index (χ1n) is 9.30. The molecule has 1 aliphatic rings. The van der Waals surface area contributed by atoms with Crippen LogP contribution in [0.4, 0.5) is 0 Å². The molecule has 1 fully saturated rings. The van der Waals surface area contributed by atoms with Crippen LogP contribution < -0.4 is 0 Å². The second-order valence-electron chi connectivity index (χ2n) is 6.74. The van der Waals surface area contributed by atoms with Gasteiger partial charge >= 0.3 is 0 Å². The Bertz CT molecular complexity index is 536. The van der Waals surface area contributed by atoms with Crippen molar-refractivity contribution in [3.8, 4) is 0 Å². The molecule has 0 N–H and O–H groups in total. The van der Waals surface area contributed by atoms with Gasteiger partial charge in [0, 0.05) is 6.61 Å². The third kappa shape index (κ3) is 4.68. The maximum absolute atomic E-state index is 6.36. The topological polar surface area (TPSA) is 12.5 Å². The number of likely N-dealkylation sites (tertiary alicyclic amines) is 1. The van der Waals surface area contributed by atoms with Gasteiger partial charge in [-0.25, -0.2) is 0 Å². The van der Waals surface area contributed by atoms with Crippen molar-refractivity contribution < 1.29 is 4.74 Å². The molecule has 1 heterocycles. The van der Waals surface area contributed by atoms with Crippen LogP contribution in [0.2, 0.25) is 0 Å². The van der Waals surface area contributed by atoms with Crippen molar-refractivity contribution in [2.24, 2.45) is 5.92 Å². The molecule has 2 nitrogen and oxygen atoms in total. The lowest BCUT2D eigenvalue weighted by Crippen LogP contribution is -2.33. The largest absolute Gasteiger partial charge is 0.369 e. The molecule has 2 heteroatoms. The summed E-state index contributed by atoms with van der Waals surface area (Å²) in [4.78, 5) is 2.55. The predicted molar refractivity (Wildman–Crippen MR) is 100 cm³/mol. The first kappa shape index (κ1) is 17.2. The molecule has 2 aromatic rings. The van der Waals surface area contributed by atoms with E-state index in [1.807, 2.05) is 0 Å². The molecule has 0 atom stereocenters. The Morgan fingerprint density at radius 1 is 0.917 bits per heavy atom. The fraction of sp³-hybridized carbons (Fsp3) is 0.455. The molecule has 0 aromatic heterocycles. The van der Waals surface area contributed by atoms with E-state index in [-0.39, 0.29) is 6.10 Å². The maximum Gasteiger partial charge on any atom is 0.108 e. The lowest BCUT2D eigenvalue weighted by molar-refractivity contribution is 0.0606. The van der Waals surface area contributed by atoms with E-state index in [1.165, 1.54) is 50.0 Å². The summed E-state index contributed by atoms with van der Waals surface area (Å²) in [5.41, 5.74) is 2.48. The van der Waals surface area contributed by atoms with E-state index in [1.54, 1.807) is 0 Å². The number of piperidine rings is 1. The highest BCUT2D eigenvalue weighted by atomic mass is 16.5. The number of nitrogens with zero attached hydrogens (tertiary/aromatic N) is 1. The molecule has 24 heavy (non-hydrogen) atoms. The smallest absolute Gasteiger partial charge is 0.108 e. The van der Waals surface area contributed by atoms with Gasteiger partial charge in [0.1, 0.15) is 6.10 Å². The summed E-state index contributed by atoms with van der Waals surface area (Å²) < 4.78 is 6.36. The molecule has 0 bridgehead atoms. The molecule has 1 saturated heterocycles. The molecule has 0 saturated carbocycles.